The molecular formula is C21H29NOSi. The highest BCUT2D eigenvalue weighted by atomic mass is 28.3. The summed E-state index contributed by atoms with van der Waals surface area (Å²) in [5.41, 5.74) is 0. The summed E-state index contributed by atoms with van der Waals surface area (Å²) in [5, 5.41) is 17.2. The maximum Gasteiger partial charge on any atom is 0.117 e. The highest BCUT2D eigenvalue weighted by Crippen LogP contribution is 2.19. The van der Waals surface area contributed by atoms with Gasteiger partial charge >= 0.3 is 0 Å². The first-order valence-electron chi connectivity index (χ1n) is 9.21. The lowest BCUT2D eigenvalue weighted by Gasteiger charge is -2.33. The third-order valence-corrected chi connectivity index (χ3v) is 9.94. The van der Waals surface area contributed by atoms with Crippen LogP contribution in [0.25, 0.3) is 0 Å². The van der Waals surface area contributed by atoms with Gasteiger partial charge in [0.15, 0.2) is 0 Å². The topological polar surface area (TPSA) is 32.3 Å². The van der Waals surface area contributed by atoms with E-state index in [4.69, 9.17) is 0 Å². The fourth-order valence-electron chi connectivity index (χ4n) is 4.02. The summed E-state index contributed by atoms with van der Waals surface area (Å²) in [6.45, 7) is 3.50. The SMILES string of the molecule is C[Si](C[C@H](O)C[C@@H]1CCCCN1)(c1ccccc1)c1ccccc1. The third-order valence-electron chi connectivity index (χ3n) is 5.43. The molecule has 2 aromatic carbocycles. The number of aliphatic hydroxyl groups is 1. The van der Waals surface area contributed by atoms with Gasteiger partial charge in [0.1, 0.15) is 8.07 Å². The molecule has 1 fully saturated rings. The lowest BCUT2D eigenvalue weighted by atomic mass is 10.00. The van der Waals surface area contributed by atoms with Crippen LogP contribution < -0.4 is 15.7 Å². The van der Waals surface area contributed by atoms with Crippen molar-refractivity contribution in [1.29, 1.82) is 0 Å². The zero-order valence-electron chi connectivity index (χ0n) is 14.6. The van der Waals surface area contributed by atoms with Crippen molar-refractivity contribution in [3.8, 4) is 0 Å². The van der Waals surface area contributed by atoms with Crippen LogP contribution in [0.15, 0.2) is 60.7 Å². The van der Waals surface area contributed by atoms with Gasteiger partial charge in [-0.05, 0) is 31.9 Å². The fraction of sp³-hybridized carbons (Fsp3) is 0.429. The summed E-state index contributed by atoms with van der Waals surface area (Å²) in [5.74, 6) is 0. The van der Waals surface area contributed by atoms with Crippen molar-refractivity contribution in [3.63, 3.8) is 0 Å². The Kier molecular flexibility index (Phi) is 5.88. The van der Waals surface area contributed by atoms with E-state index >= 15 is 0 Å². The van der Waals surface area contributed by atoms with E-state index < -0.39 is 8.07 Å². The van der Waals surface area contributed by atoms with Gasteiger partial charge in [0.25, 0.3) is 0 Å². The first-order chi connectivity index (χ1) is 11.7. The van der Waals surface area contributed by atoms with Crippen LogP contribution in [0.1, 0.15) is 25.7 Å². The molecule has 0 aliphatic carbocycles. The molecule has 0 unspecified atom stereocenters. The first kappa shape index (κ1) is 17.4. The van der Waals surface area contributed by atoms with Crippen LogP contribution in [0.5, 0.6) is 0 Å². The molecule has 0 aromatic heterocycles. The number of nitrogens with one attached hydrogen (secondary N) is 1. The highest BCUT2D eigenvalue weighted by Gasteiger charge is 2.34. The molecular weight excluding hydrogens is 310 g/mol. The molecule has 2 atom stereocenters. The lowest BCUT2D eigenvalue weighted by Crippen LogP contribution is -2.57. The van der Waals surface area contributed by atoms with E-state index in [2.05, 4.69) is 72.5 Å². The molecule has 3 rings (SSSR count). The third kappa shape index (κ3) is 4.15. The second-order valence-electron chi connectivity index (χ2n) is 7.30. The molecule has 3 heteroatoms. The van der Waals surface area contributed by atoms with Gasteiger partial charge in [0, 0.05) is 6.04 Å². The van der Waals surface area contributed by atoms with Crippen molar-refractivity contribution < 1.29 is 5.11 Å². The van der Waals surface area contributed by atoms with Crippen LogP contribution in [0, 0.1) is 0 Å². The molecule has 0 saturated carbocycles. The van der Waals surface area contributed by atoms with Crippen LogP contribution >= 0.6 is 0 Å². The Morgan fingerprint density at radius 1 is 1.00 bits per heavy atom. The Labute approximate surface area is 146 Å². The van der Waals surface area contributed by atoms with Gasteiger partial charge in [0.05, 0.1) is 6.10 Å². The summed E-state index contributed by atoms with van der Waals surface area (Å²) in [6.07, 6.45) is 4.40. The molecule has 2 aromatic rings. The fourth-order valence-corrected chi connectivity index (χ4v) is 7.79. The Bertz CT molecular complexity index is 571. The standard InChI is InChI=1S/C21H29NOSi/c1-24(20-11-4-2-5-12-20,21-13-6-3-7-14-21)17-19(23)16-18-10-8-9-15-22-18/h2-7,11-14,18-19,22-23H,8-10,15-17H2,1H3/t18-,19+/m0/s1. The Balaban J connectivity index is 1.80. The molecule has 0 bridgehead atoms. The first-order valence-corrected chi connectivity index (χ1v) is 11.9. The van der Waals surface area contributed by atoms with Gasteiger partial charge in [-0.25, -0.2) is 0 Å². The smallest absolute Gasteiger partial charge is 0.117 e. The van der Waals surface area contributed by atoms with Crippen LogP contribution in [0.4, 0.5) is 0 Å². The molecule has 1 heterocycles. The average molecular weight is 340 g/mol. The van der Waals surface area contributed by atoms with Crippen molar-refractivity contribution >= 4 is 18.4 Å². The molecule has 1 saturated heterocycles. The van der Waals surface area contributed by atoms with Crippen LogP contribution in [0.2, 0.25) is 12.6 Å². The van der Waals surface area contributed by atoms with E-state index in [1.807, 2.05) is 0 Å². The van der Waals surface area contributed by atoms with E-state index in [1.165, 1.54) is 29.6 Å². The lowest BCUT2D eigenvalue weighted by molar-refractivity contribution is 0.159. The molecule has 2 N–H and O–H groups in total. The second kappa shape index (κ2) is 8.10. The maximum atomic E-state index is 10.9. The molecule has 0 amide bonds. The summed E-state index contributed by atoms with van der Waals surface area (Å²) in [7, 11) is -1.93. The zero-order chi connectivity index (χ0) is 16.8. The number of rotatable bonds is 6. The van der Waals surface area contributed by atoms with Crippen molar-refractivity contribution in [2.24, 2.45) is 0 Å². The molecule has 1 aliphatic rings. The quantitative estimate of drug-likeness (QED) is 0.793. The number of piperidine rings is 1. The molecule has 1 aliphatic heterocycles. The minimum Gasteiger partial charge on any atom is -0.393 e. The Morgan fingerprint density at radius 3 is 2.08 bits per heavy atom. The van der Waals surface area contributed by atoms with Gasteiger partial charge in [-0.2, -0.15) is 0 Å². The van der Waals surface area contributed by atoms with Gasteiger partial charge in [-0.3, -0.25) is 0 Å². The molecule has 2 nitrogen and oxygen atoms in total. The molecule has 0 spiro atoms. The highest BCUT2D eigenvalue weighted by molar-refractivity contribution is 7.01. The van der Waals surface area contributed by atoms with Crippen LogP contribution in [-0.4, -0.2) is 31.9 Å². The predicted molar refractivity (Wildman–Crippen MR) is 105 cm³/mol. The largest absolute Gasteiger partial charge is 0.393 e. The Hall–Kier alpha value is -1.42. The van der Waals surface area contributed by atoms with Crippen molar-refractivity contribution in [2.75, 3.05) is 6.54 Å². The van der Waals surface area contributed by atoms with Gasteiger partial charge in [-0.1, -0.05) is 84.0 Å². The minimum absolute atomic E-state index is 0.238. The van der Waals surface area contributed by atoms with E-state index in [-0.39, 0.29) is 6.10 Å². The normalized spacial score (nSPS) is 19.8. The molecule has 0 radical (unpaired) electrons. The maximum absolute atomic E-state index is 10.9. The summed E-state index contributed by atoms with van der Waals surface area (Å²) in [4.78, 5) is 0. The number of hydrogen-bond acceptors (Lipinski definition) is 2. The van der Waals surface area contributed by atoms with Gasteiger partial charge in [0.2, 0.25) is 0 Å². The number of hydrogen-bond donors (Lipinski definition) is 2. The predicted octanol–water partition coefficient (Wildman–Crippen LogP) is 2.77. The van der Waals surface area contributed by atoms with Crippen molar-refractivity contribution in [3.05, 3.63) is 60.7 Å². The average Bonchev–Trinajstić information content (AvgIpc) is 2.64. The number of aliphatic hydroxyl groups excluding tert-OH is 1. The molecule has 24 heavy (non-hydrogen) atoms. The van der Waals surface area contributed by atoms with Crippen molar-refractivity contribution in [1.82, 2.24) is 5.32 Å². The van der Waals surface area contributed by atoms with E-state index in [0.717, 1.165) is 19.0 Å². The monoisotopic (exact) mass is 339 g/mol. The van der Waals surface area contributed by atoms with E-state index in [9.17, 15) is 5.11 Å². The summed E-state index contributed by atoms with van der Waals surface area (Å²) in [6, 6.07) is 23.0. The van der Waals surface area contributed by atoms with Crippen LogP contribution in [0.3, 0.4) is 0 Å². The Morgan fingerprint density at radius 2 is 1.58 bits per heavy atom. The van der Waals surface area contributed by atoms with Crippen molar-refractivity contribution in [2.45, 2.75) is 50.4 Å². The van der Waals surface area contributed by atoms with Gasteiger partial charge in [-0.15, -0.1) is 0 Å². The zero-order valence-corrected chi connectivity index (χ0v) is 15.6. The minimum atomic E-state index is -1.93. The van der Waals surface area contributed by atoms with E-state index in [0.29, 0.717) is 6.04 Å². The number of benzene rings is 2. The summed E-state index contributed by atoms with van der Waals surface area (Å²) >= 11 is 0. The summed E-state index contributed by atoms with van der Waals surface area (Å²) < 4.78 is 0. The van der Waals surface area contributed by atoms with Gasteiger partial charge < -0.3 is 10.4 Å². The van der Waals surface area contributed by atoms with Crippen LogP contribution in [-0.2, 0) is 0 Å². The molecule has 128 valence electrons. The van der Waals surface area contributed by atoms with E-state index in [1.54, 1.807) is 0 Å². The second-order valence-corrected chi connectivity index (χ2v) is 11.5.